The summed E-state index contributed by atoms with van der Waals surface area (Å²) < 4.78 is 20.0. The van der Waals surface area contributed by atoms with Crippen molar-refractivity contribution in [2.24, 2.45) is 5.41 Å². The Morgan fingerprint density at radius 1 is 1.27 bits per heavy atom. The molecule has 5 rings (SSSR count). The monoisotopic (exact) mass is 405 g/mol. The number of halogens is 1. The molecule has 10 heteroatoms. The standard InChI is InChI=1S/C20H17BFN5O3/c21-11-1-2-14-15(5-11)17(30-13-6-20(7-13)3-4-20)26-27(18(14)29)10-16(28)25-19-23-8-12(22)9-24-19/h1-2,5,8-9,13H,3-4,6-7,10H2,(H,23,24,25,28). The van der Waals surface area contributed by atoms with Crippen LogP contribution in [-0.2, 0) is 11.3 Å². The Balaban J connectivity index is 1.42. The van der Waals surface area contributed by atoms with Crippen molar-refractivity contribution in [1.29, 1.82) is 0 Å². The minimum absolute atomic E-state index is 0.0389. The first kappa shape index (κ1) is 18.7. The van der Waals surface area contributed by atoms with Crippen molar-refractivity contribution in [3.05, 3.63) is 46.8 Å². The van der Waals surface area contributed by atoms with E-state index in [0.29, 0.717) is 21.7 Å². The lowest BCUT2D eigenvalue weighted by molar-refractivity contribution is -0.117. The number of hydrogen-bond donors (Lipinski definition) is 1. The molecule has 0 unspecified atom stereocenters. The van der Waals surface area contributed by atoms with Gasteiger partial charge in [-0.05, 0) is 37.2 Å². The summed E-state index contributed by atoms with van der Waals surface area (Å²) in [7, 11) is 5.89. The van der Waals surface area contributed by atoms with Crippen molar-refractivity contribution >= 4 is 35.9 Å². The van der Waals surface area contributed by atoms with Gasteiger partial charge in [0.05, 0.1) is 23.2 Å². The van der Waals surface area contributed by atoms with Crippen LogP contribution in [0.25, 0.3) is 10.8 Å². The molecule has 1 N–H and O–H groups in total. The van der Waals surface area contributed by atoms with Gasteiger partial charge < -0.3 is 4.74 Å². The average molecular weight is 405 g/mol. The number of fused-ring (bicyclic) bond motifs is 1. The van der Waals surface area contributed by atoms with Gasteiger partial charge in [0, 0.05) is 0 Å². The Kier molecular flexibility index (Phi) is 4.30. The zero-order valence-corrected chi connectivity index (χ0v) is 16.0. The number of nitrogens with zero attached hydrogens (tertiary/aromatic N) is 4. The molecular weight excluding hydrogens is 388 g/mol. The predicted octanol–water partition coefficient (Wildman–Crippen LogP) is 1.08. The van der Waals surface area contributed by atoms with Crippen molar-refractivity contribution in [2.45, 2.75) is 38.3 Å². The van der Waals surface area contributed by atoms with Gasteiger partial charge in [0.15, 0.2) is 5.82 Å². The molecule has 1 spiro atoms. The van der Waals surface area contributed by atoms with E-state index in [9.17, 15) is 14.0 Å². The van der Waals surface area contributed by atoms with Crippen LogP contribution in [0.15, 0.2) is 35.4 Å². The van der Waals surface area contributed by atoms with Crippen LogP contribution in [0, 0.1) is 11.2 Å². The van der Waals surface area contributed by atoms with Gasteiger partial charge in [-0.3, -0.25) is 14.9 Å². The molecule has 2 fully saturated rings. The quantitative estimate of drug-likeness (QED) is 0.638. The number of aromatic nitrogens is 4. The topological polar surface area (TPSA) is 99.0 Å². The number of nitrogens with one attached hydrogen (secondary N) is 1. The summed E-state index contributed by atoms with van der Waals surface area (Å²) in [4.78, 5) is 32.6. The Hall–Kier alpha value is -3.30. The first-order chi connectivity index (χ1) is 14.4. The molecule has 0 bridgehead atoms. The second-order valence-electron chi connectivity index (χ2n) is 7.99. The molecule has 0 saturated heterocycles. The molecule has 2 aromatic heterocycles. The van der Waals surface area contributed by atoms with Crippen molar-refractivity contribution in [3.63, 3.8) is 0 Å². The SMILES string of the molecule is [B]c1ccc2c(=O)n(CC(=O)Nc3ncc(F)cn3)nc(OC3CC4(CC4)C3)c2c1. The summed E-state index contributed by atoms with van der Waals surface area (Å²) in [5.74, 6) is -0.977. The molecular formula is C20H17BFN5O3. The average Bonchev–Trinajstić information content (AvgIpc) is 3.48. The van der Waals surface area contributed by atoms with Gasteiger partial charge in [0.1, 0.15) is 20.5 Å². The second-order valence-corrected chi connectivity index (χ2v) is 7.99. The summed E-state index contributed by atoms with van der Waals surface area (Å²) in [5, 5.41) is 7.59. The van der Waals surface area contributed by atoms with E-state index in [0.717, 1.165) is 29.9 Å². The summed E-state index contributed by atoms with van der Waals surface area (Å²) in [6, 6.07) is 4.87. The number of amides is 1. The Bertz CT molecular complexity index is 1200. The summed E-state index contributed by atoms with van der Waals surface area (Å²) >= 11 is 0. The number of anilines is 1. The van der Waals surface area contributed by atoms with Crippen molar-refractivity contribution in [3.8, 4) is 5.88 Å². The highest BCUT2D eigenvalue weighted by molar-refractivity contribution is 6.33. The minimum atomic E-state index is -0.620. The smallest absolute Gasteiger partial charge is 0.275 e. The third-order valence-electron chi connectivity index (χ3n) is 5.67. The Morgan fingerprint density at radius 3 is 2.70 bits per heavy atom. The van der Waals surface area contributed by atoms with Crippen LogP contribution in [0.2, 0.25) is 0 Å². The van der Waals surface area contributed by atoms with Crippen molar-refractivity contribution < 1.29 is 13.9 Å². The predicted molar refractivity (Wildman–Crippen MR) is 107 cm³/mol. The van der Waals surface area contributed by atoms with Gasteiger partial charge in [-0.1, -0.05) is 17.6 Å². The van der Waals surface area contributed by atoms with Crippen LogP contribution >= 0.6 is 0 Å². The molecule has 150 valence electrons. The van der Waals surface area contributed by atoms with E-state index in [1.165, 1.54) is 12.8 Å². The molecule has 2 radical (unpaired) electrons. The Labute approximate surface area is 171 Å². The van der Waals surface area contributed by atoms with Crippen LogP contribution in [0.5, 0.6) is 5.88 Å². The highest BCUT2D eigenvalue weighted by Crippen LogP contribution is 2.61. The molecule has 2 heterocycles. The first-order valence-electron chi connectivity index (χ1n) is 9.65. The zero-order chi connectivity index (χ0) is 20.9. The molecule has 30 heavy (non-hydrogen) atoms. The molecule has 1 amide bonds. The third-order valence-corrected chi connectivity index (χ3v) is 5.67. The highest BCUT2D eigenvalue weighted by Gasteiger charge is 2.54. The van der Waals surface area contributed by atoms with Crippen LogP contribution in [0.1, 0.15) is 25.7 Å². The molecule has 1 aromatic carbocycles. The summed E-state index contributed by atoms with van der Waals surface area (Å²) in [6.07, 6.45) is 6.32. The number of carbonyl (C=O) groups excluding carboxylic acids is 1. The molecule has 0 atom stereocenters. The van der Waals surface area contributed by atoms with Crippen LogP contribution in [-0.4, -0.2) is 39.6 Å². The van der Waals surface area contributed by atoms with Gasteiger partial charge in [-0.25, -0.2) is 19.0 Å². The van der Waals surface area contributed by atoms with E-state index < -0.39 is 17.3 Å². The number of carbonyl (C=O) groups is 1. The third kappa shape index (κ3) is 3.53. The largest absolute Gasteiger partial charge is 0.473 e. The molecule has 2 saturated carbocycles. The van der Waals surface area contributed by atoms with Crippen molar-refractivity contribution in [1.82, 2.24) is 19.7 Å². The molecule has 3 aromatic rings. The van der Waals surface area contributed by atoms with Gasteiger partial charge >= 0.3 is 0 Å². The molecule has 0 aliphatic heterocycles. The molecule has 2 aliphatic rings. The lowest BCUT2D eigenvalue weighted by Gasteiger charge is -2.35. The highest BCUT2D eigenvalue weighted by atomic mass is 19.1. The van der Waals surface area contributed by atoms with E-state index in [1.807, 2.05) is 0 Å². The fourth-order valence-corrected chi connectivity index (χ4v) is 3.88. The lowest BCUT2D eigenvalue weighted by Crippen LogP contribution is -2.36. The second kappa shape index (κ2) is 6.89. The van der Waals surface area contributed by atoms with Gasteiger partial charge in [0.25, 0.3) is 5.56 Å². The lowest BCUT2D eigenvalue weighted by atomic mass is 9.79. The maximum atomic E-state index is 12.9. The fraction of sp³-hybridized carbons (Fsp3) is 0.350. The molecule has 8 nitrogen and oxygen atoms in total. The number of ether oxygens (including phenoxy) is 1. The van der Waals surface area contributed by atoms with Gasteiger partial charge in [-0.2, -0.15) is 0 Å². The van der Waals surface area contributed by atoms with E-state index >= 15 is 0 Å². The van der Waals surface area contributed by atoms with Crippen LogP contribution in [0.4, 0.5) is 10.3 Å². The van der Waals surface area contributed by atoms with Crippen LogP contribution in [0.3, 0.4) is 0 Å². The van der Waals surface area contributed by atoms with E-state index in [-0.39, 0.29) is 24.5 Å². The van der Waals surface area contributed by atoms with Crippen molar-refractivity contribution in [2.75, 3.05) is 5.32 Å². The maximum Gasteiger partial charge on any atom is 0.275 e. The zero-order valence-electron chi connectivity index (χ0n) is 16.0. The number of benzene rings is 1. The fourth-order valence-electron chi connectivity index (χ4n) is 3.88. The van der Waals surface area contributed by atoms with Gasteiger partial charge in [0.2, 0.25) is 17.7 Å². The Morgan fingerprint density at radius 2 is 2.00 bits per heavy atom. The van der Waals surface area contributed by atoms with E-state index in [2.05, 4.69) is 20.4 Å². The summed E-state index contributed by atoms with van der Waals surface area (Å²) in [6.45, 7) is -0.370. The van der Waals surface area contributed by atoms with E-state index in [4.69, 9.17) is 12.6 Å². The normalized spacial score (nSPS) is 17.0. The van der Waals surface area contributed by atoms with Gasteiger partial charge in [-0.15, -0.1) is 5.10 Å². The van der Waals surface area contributed by atoms with Crippen LogP contribution < -0.4 is 21.1 Å². The maximum absolute atomic E-state index is 12.9. The number of rotatable bonds is 5. The minimum Gasteiger partial charge on any atom is -0.473 e. The number of hydrogen-bond acceptors (Lipinski definition) is 6. The summed E-state index contributed by atoms with van der Waals surface area (Å²) in [5.41, 5.74) is 0.493. The van der Waals surface area contributed by atoms with E-state index in [1.54, 1.807) is 18.2 Å². The first-order valence-corrected chi connectivity index (χ1v) is 9.65. The molecule has 2 aliphatic carbocycles.